The summed E-state index contributed by atoms with van der Waals surface area (Å²) in [6, 6.07) is 1.68. The zero-order valence-corrected chi connectivity index (χ0v) is 9.43. The van der Waals surface area contributed by atoms with Crippen LogP contribution in [-0.4, -0.2) is 26.9 Å². The highest BCUT2D eigenvalue weighted by Crippen LogP contribution is 2.18. The summed E-state index contributed by atoms with van der Waals surface area (Å²) in [5.74, 6) is 0.952. The molecule has 6 heteroatoms. The molecule has 0 spiro atoms. The van der Waals surface area contributed by atoms with Crippen LogP contribution in [0.25, 0.3) is 5.95 Å². The first kappa shape index (κ1) is 10.4. The third-order valence-corrected chi connectivity index (χ3v) is 2.36. The number of anilines is 1. The first-order valence-corrected chi connectivity index (χ1v) is 4.82. The zero-order chi connectivity index (χ0) is 11.7. The van der Waals surface area contributed by atoms with E-state index in [9.17, 15) is 0 Å². The van der Waals surface area contributed by atoms with E-state index in [4.69, 9.17) is 10.5 Å². The second kappa shape index (κ2) is 3.80. The van der Waals surface area contributed by atoms with Crippen LogP contribution in [-0.2, 0) is 0 Å². The van der Waals surface area contributed by atoms with Crippen LogP contribution in [0.5, 0.6) is 5.88 Å². The van der Waals surface area contributed by atoms with Crippen molar-refractivity contribution < 1.29 is 4.74 Å². The second-order valence-electron chi connectivity index (χ2n) is 3.40. The van der Waals surface area contributed by atoms with Crippen molar-refractivity contribution in [1.82, 2.24) is 19.7 Å². The Labute approximate surface area is 93.1 Å². The summed E-state index contributed by atoms with van der Waals surface area (Å²) >= 11 is 0. The van der Waals surface area contributed by atoms with Crippen LogP contribution in [0, 0.1) is 13.8 Å². The minimum absolute atomic E-state index is 0.455. The van der Waals surface area contributed by atoms with Gasteiger partial charge < -0.3 is 10.5 Å². The summed E-state index contributed by atoms with van der Waals surface area (Å²) in [5.41, 5.74) is 8.09. The number of nitrogen functional groups attached to an aromatic ring is 1. The van der Waals surface area contributed by atoms with Gasteiger partial charge in [0.05, 0.1) is 24.2 Å². The van der Waals surface area contributed by atoms with Crippen molar-refractivity contribution >= 4 is 5.69 Å². The Morgan fingerprint density at radius 2 is 2.12 bits per heavy atom. The average Bonchev–Trinajstić information content (AvgIpc) is 2.57. The van der Waals surface area contributed by atoms with Crippen molar-refractivity contribution in [2.45, 2.75) is 13.8 Å². The quantitative estimate of drug-likeness (QED) is 0.810. The number of aromatic nitrogens is 4. The van der Waals surface area contributed by atoms with Gasteiger partial charge in [-0.3, -0.25) is 0 Å². The molecule has 0 amide bonds. The maximum Gasteiger partial charge on any atom is 0.254 e. The summed E-state index contributed by atoms with van der Waals surface area (Å²) in [5, 5.41) is 4.27. The highest BCUT2D eigenvalue weighted by molar-refractivity contribution is 5.48. The molecule has 16 heavy (non-hydrogen) atoms. The minimum Gasteiger partial charge on any atom is -0.481 e. The number of rotatable bonds is 2. The van der Waals surface area contributed by atoms with Gasteiger partial charge in [-0.15, -0.1) is 0 Å². The smallest absolute Gasteiger partial charge is 0.254 e. The molecular formula is C10H13N5O. The maximum atomic E-state index is 5.84. The monoisotopic (exact) mass is 219 g/mol. The number of hydrogen-bond donors (Lipinski definition) is 1. The zero-order valence-electron chi connectivity index (χ0n) is 9.43. The molecule has 2 aromatic heterocycles. The second-order valence-corrected chi connectivity index (χ2v) is 3.40. The summed E-state index contributed by atoms with van der Waals surface area (Å²) in [6.07, 6.45) is 1.62. The predicted octanol–water partition coefficient (Wildman–Crippen LogP) is 0.870. The molecule has 0 fully saturated rings. The minimum atomic E-state index is 0.455. The third kappa shape index (κ3) is 1.58. The molecular weight excluding hydrogens is 206 g/mol. The van der Waals surface area contributed by atoms with E-state index < -0.39 is 0 Å². The van der Waals surface area contributed by atoms with Crippen molar-refractivity contribution in [3.8, 4) is 11.8 Å². The Kier molecular flexibility index (Phi) is 2.47. The Hall–Kier alpha value is -2.11. The highest BCUT2D eigenvalue weighted by Gasteiger charge is 2.11. The molecule has 2 heterocycles. The number of nitrogens with zero attached hydrogens (tertiary/aromatic N) is 4. The molecule has 0 atom stereocenters. The molecule has 2 N–H and O–H groups in total. The van der Waals surface area contributed by atoms with E-state index in [2.05, 4.69) is 15.1 Å². The number of methoxy groups -OCH3 is 1. The molecule has 0 aliphatic rings. The van der Waals surface area contributed by atoms with Gasteiger partial charge in [0.15, 0.2) is 0 Å². The largest absolute Gasteiger partial charge is 0.481 e. The van der Waals surface area contributed by atoms with Gasteiger partial charge in [-0.1, -0.05) is 0 Å². The fourth-order valence-electron chi connectivity index (χ4n) is 1.40. The highest BCUT2D eigenvalue weighted by atomic mass is 16.5. The molecule has 0 saturated heterocycles. The number of ether oxygens (including phenoxy) is 1. The first-order valence-electron chi connectivity index (χ1n) is 4.82. The Morgan fingerprint density at radius 3 is 2.69 bits per heavy atom. The van der Waals surface area contributed by atoms with Crippen molar-refractivity contribution in [1.29, 1.82) is 0 Å². The molecule has 0 aliphatic heterocycles. The SMILES string of the molecule is COc1ccnc(-n2nc(C)c(N)c2C)n1. The van der Waals surface area contributed by atoms with Gasteiger partial charge in [0.2, 0.25) is 5.88 Å². The van der Waals surface area contributed by atoms with Crippen LogP contribution in [0.3, 0.4) is 0 Å². The van der Waals surface area contributed by atoms with Gasteiger partial charge >= 0.3 is 0 Å². The van der Waals surface area contributed by atoms with Gasteiger partial charge in [0.25, 0.3) is 5.95 Å². The number of aryl methyl sites for hydroxylation is 1. The molecule has 2 aromatic rings. The Morgan fingerprint density at radius 1 is 1.38 bits per heavy atom. The predicted molar refractivity (Wildman–Crippen MR) is 59.6 cm³/mol. The average molecular weight is 219 g/mol. The van der Waals surface area contributed by atoms with Crippen molar-refractivity contribution in [3.63, 3.8) is 0 Å². The molecule has 0 radical (unpaired) electrons. The van der Waals surface area contributed by atoms with Gasteiger partial charge in [-0.25, -0.2) is 9.67 Å². The van der Waals surface area contributed by atoms with E-state index in [-0.39, 0.29) is 0 Å². The van der Waals surface area contributed by atoms with Gasteiger partial charge in [0, 0.05) is 12.3 Å². The normalized spacial score (nSPS) is 10.4. The summed E-state index contributed by atoms with van der Waals surface area (Å²) in [7, 11) is 1.56. The van der Waals surface area contributed by atoms with Gasteiger partial charge in [0.1, 0.15) is 0 Å². The number of hydrogen-bond acceptors (Lipinski definition) is 5. The van der Waals surface area contributed by atoms with Crippen LogP contribution in [0.1, 0.15) is 11.4 Å². The van der Waals surface area contributed by atoms with E-state index in [0.29, 0.717) is 17.5 Å². The molecule has 84 valence electrons. The summed E-state index contributed by atoms with van der Waals surface area (Å²) in [4.78, 5) is 8.32. The topological polar surface area (TPSA) is 78.8 Å². The lowest BCUT2D eigenvalue weighted by Crippen LogP contribution is -2.05. The molecule has 0 unspecified atom stereocenters. The standard InChI is InChI=1S/C10H13N5O/c1-6-9(11)7(2)15(14-6)10-12-5-4-8(13-10)16-3/h4-5H,11H2,1-3H3. The first-order chi connectivity index (χ1) is 7.63. The van der Waals surface area contributed by atoms with E-state index in [1.54, 1.807) is 24.1 Å². The van der Waals surface area contributed by atoms with Crippen molar-refractivity contribution in [2.24, 2.45) is 0 Å². The summed E-state index contributed by atoms with van der Waals surface area (Å²) < 4.78 is 6.63. The fourth-order valence-corrected chi connectivity index (χ4v) is 1.40. The lowest BCUT2D eigenvalue weighted by molar-refractivity contribution is 0.395. The fraction of sp³-hybridized carbons (Fsp3) is 0.300. The van der Waals surface area contributed by atoms with E-state index in [0.717, 1.165) is 11.4 Å². The molecule has 0 aromatic carbocycles. The number of nitrogens with two attached hydrogens (primary N) is 1. The molecule has 0 saturated carbocycles. The molecule has 0 aliphatic carbocycles. The van der Waals surface area contributed by atoms with Crippen LogP contribution in [0.15, 0.2) is 12.3 Å². The van der Waals surface area contributed by atoms with E-state index in [1.807, 2.05) is 13.8 Å². The third-order valence-electron chi connectivity index (χ3n) is 2.36. The van der Waals surface area contributed by atoms with Crippen LogP contribution < -0.4 is 10.5 Å². The van der Waals surface area contributed by atoms with Crippen molar-refractivity contribution in [2.75, 3.05) is 12.8 Å². The Balaban J connectivity index is 2.54. The van der Waals surface area contributed by atoms with E-state index >= 15 is 0 Å². The van der Waals surface area contributed by atoms with E-state index in [1.165, 1.54) is 0 Å². The van der Waals surface area contributed by atoms with Crippen LogP contribution >= 0.6 is 0 Å². The molecule has 0 bridgehead atoms. The van der Waals surface area contributed by atoms with Crippen molar-refractivity contribution in [3.05, 3.63) is 23.7 Å². The lowest BCUT2D eigenvalue weighted by Gasteiger charge is -2.03. The summed E-state index contributed by atoms with van der Waals surface area (Å²) in [6.45, 7) is 3.72. The molecule has 6 nitrogen and oxygen atoms in total. The maximum absolute atomic E-state index is 5.84. The van der Waals surface area contributed by atoms with Gasteiger partial charge in [-0.2, -0.15) is 10.1 Å². The van der Waals surface area contributed by atoms with Gasteiger partial charge in [-0.05, 0) is 13.8 Å². The Bertz CT molecular complexity index is 520. The van der Waals surface area contributed by atoms with Crippen LogP contribution in [0.2, 0.25) is 0 Å². The molecule has 2 rings (SSSR count). The lowest BCUT2D eigenvalue weighted by atomic mass is 10.3. The van der Waals surface area contributed by atoms with Crippen LogP contribution in [0.4, 0.5) is 5.69 Å².